The van der Waals surface area contributed by atoms with Gasteiger partial charge in [-0.3, -0.25) is 9.59 Å². The molecule has 1 amide bonds. The van der Waals surface area contributed by atoms with E-state index in [2.05, 4.69) is 5.32 Å². The summed E-state index contributed by atoms with van der Waals surface area (Å²) in [4.78, 5) is 36.9. The Kier molecular flexibility index (Phi) is 7.37. The maximum atomic E-state index is 12.2. The quantitative estimate of drug-likeness (QED) is 0.336. The molecular formula is C21H21NO4S. The van der Waals surface area contributed by atoms with Crippen LogP contribution >= 0.6 is 11.8 Å². The lowest BCUT2D eigenvalue weighted by Crippen LogP contribution is -2.30. The van der Waals surface area contributed by atoms with Crippen LogP contribution in [0.25, 0.3) is 6.08 Å². The van der Waals surface area contributed by atoms with Crippen LogP contribution < -0.4 is 5.32 Å². The van der Waals surface area contributed by atoms with Gasteiger partial charge in [-0.25, -0.2) is 4.79 Å². The topological polar surface area (TPSA) is 72.5 Å². The number of para-hydroxylation sites is 1. The summed E-state index contributed by atoms with van der Waals surface area (Å²) >= 11 is 1.64. The molecule has 0 radical (unpaired) electrons. The zero-order valence-electron chi connectivity index (χ0n) is 15.4. The first kappa shape index (κ1) is 20.5. The van der Waals surface area contributed by atoms with E-state index in [0.29, 0.717) is 11.3 Å². The fraction of sp³-hybridized carbons (Fsp3) is 0.190. The van der Waals surface area contributed by atoms with Gasteiger partial charge < -0.3 is 10.1 Å². The van der Waals surface area contributed by atoms with E-state index in [0.717, 1.165) is 10.5 Å². The van der Waals surface area contributed by atoms with Gasteiger partial charge in [-0.2, -0.15) is 0 Å². The summed E-state index contributed by atoms with van der Waals surface area (Å²) in [6.45, 7) is 2.90. The highest BCUT2D eigenvalue weighted by atomic mass is 32.2. The van der Waals surface area contributed by atoms with Crippen molar-refractivity contribution in [2.24, 2.45) is 0 Å². The van der Waals surface area contributed by atoms with Gasteiger partial charge in [0.2, 0.25) is 0 Å². The third-order valence-corrected chi connectivity index (χ3v) is 4.50. The lowest BCUT2D eigenvalue weighted by molar-refractivity contribution is -0.148. The lowest BCUT2D eigenvalue weighted by Gasteiger charge is -2.14. The highest BCUT2D eigenvalue weighted by Crippen LogP contribution is 2.17. The molecule has 0 aromatic heterocycles. The molecule has 0 bridgehead atoms. The van der Waals surface area contributed by atoms with Crippen molar-refractivity contribution < 1.29 is 19.1 Å². The van der Waals surface area contributed by atoms with Gasteiger partial charge in [-0.15, -0.1) is 11.8 Å². The molecule has 0 fully saturated rings. The fourth-order valence-corrected chi connectivity index (χ4v) is 2.69. The Balaban J connectivity index is 1.94. The second-order valence-corrected chi connectivity index (χ2v) is 6.66. The van der Waals surface area contributed by atoms with E-state index in [4.69, 9.17) is 4.74 Å². The summed E-state index contributed by atoms with van der Waals surface area (Å²) < 4.78 is 5.12. The summed E-state index contributed by atoms with van der Waals surface area (Å²) in [6, 6.07) is 14.4. The van der Waals surface area contributed by atoms with Crippen molar-refractivity contribution in [2.45, 2.75) is 24.8 Å². The number of Topliss-reactive ketones (excluding diaryl/α,β-unsaturated/α-hetero) is 1. The summed E-state index contributed by atoms with van der Waals surface area (Å²) in [5.41, 5.74) is 1.65. The van der Waals surface area contributed by atoms with Crippen molar-refractivity contribution in [1.29, 1.82) is 0 Å². The van der Waals surface area contributed by atoms with Crippen LogP contribution in [0.15, 0.2) is 59.5 Å². The Hall–Kier alpha value is -2.86. The van der Waals surface area contributed by atoms with E-state index in [-0.39, 0.29) is 5.78 Å². The minimum absolute atomic E-state index is 0.161. The van der Waals surface area contributed by atoms with Gasteiger partial charge in [0.05, 0.1) is 5.69 Å². The van der Waals surface area contributed by atoms with Gasteiger partial charge >= 0.3 is 5.97 Å². The summed E-state index contributed by atoms with van der Waals surface area (Å²) in [5.74, 6) is -1.29. The number of rotatable bonds is 7. The monoisotopic (exact) mass is 383 g/mol. The number of carbonyl (C=O) groups excluding carboxylic acids is 3. The average Bonchev–Trinajstić information content (AvgIpc) is 2.67. The smallest absolute Gasteiger partial charge is 0.331 e. The minimum atomic E-state index is -0.999. The Morgan fingerprint density at radius 1 is 1.07 bits per heavy atom. The van der Waals surface area contributed by atoms with Crippen molar-refractivity contribution in [3.05, 3.63) is 65.7 Å². The highest BCUT2D eigenvalue weighted by Gasteiger charge is 2.18. The number of hydrogen-bond donors (Lipinski definition) is 1. The fourth-order valence-electron chi connectivity index (χ4n) is 2.28. The first-order valence-electron chi connectivity index (χ1n) is 8.34. The number of nitrogens with one attached hydrogen (secondary N) is 1. The van der Waals surface area contributed by atoms with Gasteiger partial charge in [0, 0.05) is 16.5 Å². The Morgan fingerprint density at radius 3 is 2.37 bits per heavy atom. The van der Waals surface area contributed by atoms with E-state index in [9.17, 15) is 14.4 Å². The number of carbonyl (C=O) groups is 3. The number of esters is 1. The number of thioether (sulfide) groups is 1. The Bertz CT molecular complexity index is 859. The number of anilines is 1. The molecule has 0 heterocycles. The number of amides is 1. The van der Waals surface area contributed by atoms with Gasteiger partial charge in [0.1, 0.15) is 0 Å². The third kappa shape index (κ3) is 6.11. The highest BCUT2D eigenvalue weighted by molar-refractivity contribution is 7.98. The maximum Gasteiger partial charge on any atom is 0.331 e. The molecule has 6 heteroatoms. The predicted molar refractivity (Wildman–Crippen MR) is 108 cm³/mol. The number of ether oxygens (including phenoxy) is 1. The van der Waals surface area contributed by atoms with E-state index >= 15 is 0 Å². The van der Waals surface area contributed by atoms with Gasteiger partial charge in [0.25, 0.3) is 5.91 Å². The minimum Gasteiger partial charge on any atom is -0.449 e. The summed E-state index contributed by atoms with van der Waals surface area (Å²) in [6.07, 6.45) is 3.90. The molecule has 27 heavy (non-hydrogen) atoms. The number of hydrogen-bond acceptors (Lipinski definition) is 5. The van der Waals surface area contributed by atoms with Crippen LogP contribution in [0.2, 0.25) is 0 Å². The van der Waals surface area contributed by atoms with E-state index < -0.39 is 18.0 Å². The van der Waals surface area contributed by atoms with Crippen molar-refractivity contribution in [3.63, 3.8) is 0 Å². The molecule has 0 saturated heterocycles. The standard InChI is InChI=1S/C21H21NO4S/c1-14(23)18-6-4-5-7-19(18)22-21(25)15(2)26-20(24)13-10-16-8-11-17(27-3)12-9-16/h4-13,15H,1-3H3,(H,22,25)/b13-10+/t15-/m0/s1. The largest absolute Gasteiger partial charge is 0.449 e. The van der Waals surface area contributed by atoms with Crippen molar-refractivity contribution in [2.75, 3.05) is 11.6 Å². The molecule has 0 aliphatic heterocycles. The normalized spacial score (nSPS) is 11.8. The zero-order chi connectivity index (χ0) is 19.8. The average molecular weight is 383 g/mol. The molecule has 1 N–H and O–H groups in total. The molecule has 2 aromatic rings. The Labute approximate surface area is 162 Å². The molecule has 0 aliphatic rings. The maximum absolute atomic E-state index is 12.2. The zero-order valence-corrected chi connectivity index (χ0v) is 16.2. The van der Waals surface area contributed by atoms with Crippen LogP contribution in [0.4, 0.5) is 5.69 Å². The number of benzene rings is 2. The SMILES string of the molecule is CSc1ccc(/C=C/C(=O)O[C@@H](C)C(=O)Nc2ccccc2C(C)=O)cc1. The molecule has 0 saturated carbocycles. The van der Waals surface area contributed by atoms with Gasteiger partial charge in [-0.05, 0) is 56.0 Å². The molecular weight excluding hydrogens is 362 g/mol. The second kappa shape index (κ2) is 9.73. The van der Waals surface area contributed by atoms with Crippen LogP contribution in [-0.2, 0) is 14.3 Å². The molecule has 2 aromatic carbocycles. The van der Waals surface area contributed by atoms with Crippen LogP contribution in [0.1, 0.15) is 29.8 Å². The van der Waals surface area contributed by atoms with Gasteiger partial charge in [0.15, 0.2) is 11.9 Å². The molecule has 140 valence electrons. The van der Waals surface area contributed by atoms with Crippen molar-refractivity contribution in [1.82, 2.24) is 0 Å². The molecule has 0 spiro atoms. The third-order valence-electron chi connectivity index (χ3n) is 3.75. The van der Waals surface area contributed by atoms with Crippen LogP contribution in [-0.4, -0.2) is 30.0 Å². The molecule has 0 unspecified atom stereocenters. The van der Waals surface area contributed by atoms with Crippen LogP contribution in [0.3, 0.4) is 0 Å². The molecule has 5 nitrogen and oxygen atoms in total. The van der Waals surface area contributed by atoms with E-state index in [1.807, 2.05) is 30.5 Å². The Morgan fingerprint density at radius 2 is 1.74 bits per heavy atom. The second-order valence-electron chi connectivity index (χ2n) is 5.78. The molecule has 0 aliphatic carbocycles. The molecule has 1 atom stereocenters. The number of ketones is 1. The van der Waals surface area contributed by atoms with E-state index in [1.165, 1.54) is 19.9 Å². The first-order chi connectivity index (χ1) is 12.9. The first-order valence-corrected chi connectivity index (χ1v) is 9.56. The van der Waals surface area contributed by atoms with Crippen LogP contribution in [0, 0.1) is 0 Å². The molecule has 2 rings (SSSR count). The van der Waals surface area contributed by atoms with Gasteiger partial charge in [-0.1, -0.05) is 24.3 Å². The van der Waals surface area contributed by atoms with E-state index in [1.54, 1.807) is 42.1 Å². The lowest BCUT2D eigenvalue weighted by atomic mass is 10.1. The summed E-state index contributed by atoms with van der Waals surface area (Å²) in [5, 5.41) is 2.62. The predicted octanol–water partition coefficient (Wildman–Crippen LogP) is 4.19. The van der Waals surface area contributed by atoms with Crippen molar-refractivity contribution in [3.8, 4) is 0 Å². The van der Waals surface area contributed by atoms with Crippen LogP contribution in [0.5, 0.6) is 0 Å². The van der Waals surface area contributed by atoms with Crippen molar-refractivity contribution >= 4 is 41.2 Å². The summed E-state index contributed by atoms with van der Waals surface area (Å²) in [7, 11) is 0.